The van der Waals surface area contributed by atoms with Crippen LogP contribution in [-0.2, 0) is 14.3 Å². The molecule has 8 heteroatoms. The zero-order valence-electron chi connectivity index (χ0n) is 15.7. The van der Waals surface area contributed by atoms with E-state index in [-0.39, 0.29) is 5.69 Å². The van der Waals surface area contributed by atoms with E-state index in [0.717, 1.165) is 5.56 Å². The smallest absolute Gasteiger partial charge is 0.347 e. The minimum atomic E-state index is -1.02. The summed E-state index contributed by atoms with van der Waals surface area (Å²) in [5.41, 5.74) is 2.34. The molecule has 0 aliphatic rings. The second-order valence-electron chi connectivity index (χ2n) is 6.48. The molecule has 0 saturated carbocycles. The molecular weight excluding hydrogens is 362 g/mol. The molecule has 2 aromatic carbocycles. The number of aryl methyl sites for hydroxylation is 1. The molecule has 1 amide bonds. The number of esters is 1. The SMILES string of the molecule is Cc1cccc(O[C@@H](C)C(=O)O[C@@H](C)C(=O)Nc2ccc3[nH]c(=O)[nH]c3c2)c1. The number of aromatic amines is 2. The highest BCUT2D eigenvalue weighted by Gasteiger charge is 2.23. The number of fused-ring (bicyclic) bond motifs is 1. The Morgan fingerprint density at radius 3 is 2.50 bits per heavy atom. The van der Waals surface area contributed by atoms with Crippen LogP contribution < -0.4 is 15.7 Å². The first-order valence-electron chi connectivity index (χ1n) is 8.78. The number of nitrogens with one attached hydrogen (secondary N) is 3. The van der Waals surface area contributed by atoms with Crippen molar-refractivity contribution in [2.75, 3.05) is 5.32 Å². The van der Waals surface area contributed by atoms with Crippen molar-refractivity contribution in [3.8, 4) is 5.75 Å². The van der Waals surface area contributed by atoms with Gasteiger partial charge in [-0.05, 0) is 56.7 Å². The summed E-state index contributed by atoms with van der Waals surface area (Å²) >= 11 is 0. The Bertz CT molecular complexity index is 1070. The summed E-state index contributed by atoms with van der Waals surface area (Å²) in [4.78, 5) is 41.0. The summed E-state index contributed by atoms with van der Waals surface area (Å²) in [6, 6.07) is 12.2. The number of benzene rings is 2. The van der Waals surface area contributed by atoms with Gasteiger partial charge in [-0.1, -0.05) is 12.1 Å². The maximum absolute atomic E-state index is 12.3. The second-order valence-corrected chi connectivity index (χ2v) is 6.48. The van der Waals surface area contributed by atoms with Gasteiger partial charge in [0.1, 0.15) is 5.75 Å². The van der Waals surface area contributed by atoms with Crippen LogP contribution in [0, 0.1) is 6.92 Å². The van der Waals surface area contributed by atoms with Crippen LogP contribution in [0.2, 0.25) is 0 Å². The quantitative estimate of drug-likeness (QED) is 0.566. The number of amides is 1. The first-order chi connectivity index (χ1) is 13.3. The van der Waals surface area contributed by atoms with Crippen molar-refractivity contribution in [3.63, 3.8) is 0 Å². The van der Waals surface area contributed by atoms with Crippen LogP contribution in [0.25, 0.3) is 11.0 Å². The molecule has 0 fully saturated rings. The molecule has 0 spiro atoms. The molecule has 3 aromatic rings. The van der Waals surface area contributed by atoms with E-state index in [9.17, 15) is 14.4 Å². The van der Waals surface area contributed by atoms with Crippen LogP contribution in [0.5, 0.6) is 5.75 Å². The summed E-state index contributed by atoms with van der Waals surface area (Å²) in [6.45, 7) is 4.96. The average molecular weight is 383 g/mol. The van der Waals surface area contributed by atoms with Gasteiger partial charge in [-0.25, -0.2) is 9.59 Å². The van der Waals surface area contributed by atoms with E-state index in [2.05, 4.69) is 15.3 Å². The molecule has 28 heavy (non-hydrogen) atoms. The van der Waals surface area contributed by atoms with Crippen LogP contribution in [-0.4, -0.2) is 34.1 Å². The molecule has 2 atom stereocenters. The van der Waals surface area contributed by atoms with E-state index >= 15 is 0 Å². The van der Waals surface area contributed by atoms with Crippen molar-refractivity contribution in [2.24, 2.45) is 0 Å². The van der Waals surface area contributed by atoms with Crippen LogP contribution in [0.1, 0.15) is 19.4 Å². The molecule has 0 bridgehead atoms. The highest BCUT2D eigenvalue weighted by Crippen LogP contribution is 2.16. The number of rotatable bonds is 6. The molecule has 0 unspecified atom stereocenters. The fourth-order valence-electron chi connectivity index (χ4n) is 2.62. The fraction of sp³-hybridized carbons (Fsp3) is 0.250. The summed E-state index contributed by atoms with van der Waals surface area (Å²) in [5.74, 6) is -0.585. The van der Waals surface area contributed by atoms with Gasteiger partial charge in [0, 0.05) is 5.69 Å². The van der Waals surface area contributed by atoms with E-state index in [4.69, 9.17) is 9.47 Å². The van der Waals surface area contributed by atoms with Crippen molar-refractivity contribution in [3.05, 3.63) is 58.5 Å². The van der Waals surface area contributed by atoms with E-state index in [0.29, 0.717) is 22.5 Å². The van der Waals surface area contributed by atoms with Gasteiger partial charge >= 0.3 is 11.7 Å². The molecule has 0 aliphatic carbocycles. The normalized spacial score (nSPS) is 13.0. The molecule has 146 valence electrons. The molecule has 3 N–H and O–H groups in total. The number of carbonyl (C=O) groups is 2. The van der Waals surface area contributed by atoms with Gasteiger partial charge in [0.05, 0.1) is 11.0 Å². The minimum absolute atomic E-state index is 0.330. The number of ether oxygens (including phenoxy) is 2. The Morgan fingerprint density at radius 2 is 1.75 bits per heavy atom. The highest BCUT2D eigenvalue weighted by molar-refractivity contribution is 5.96. The van der Waals surface area contributed by atoms with Crippen molar-refractivity contribution in [1.82, 2.24) is 9.97 Å². The van der Waals surface area contributed by atoms with E-state index < -0.39 is 24.1 Å². The average Bonchev–Trinajstić information content (AvgIpc) is 3.00. The third-order valence-electron chi connectivity index (χ3n) is 4.08. The fourth-order valence-corrected chi connectivity index (χ4v) is 2.62. The molecular formula is C20H21N3O5. The predicted molar refractivity (Wildman–Crippen MR) is 104 cm³/mol. The van der Waals surface area contributed by atoms with Crippen molar-refractivity contribution in [2.45, 2.75) is 33.0 Å². The van der Waals surface area contributed by atoms with E-state index in [1.807, 2.05) is 19.1 Å². The standard InChI is InChI=1S/C20H21N3O5/c1-11-5-4-6-15(9-11)27-13(3)19(25)28-12(2)18(24)21-14-7-8-16-17(10-14)23-20(26)22-16/h4-10,12-13H,1-3H3,(H,21,24)(H2,22,23,26)/t12-,13-/m0/s1. The van der Waals surface area contributed by atoms with Crippen molar-refractivity contribution >= 4 is 28.6 Å². The lowest BCUT2D eigenvalue weighted by atomic mass is 10.2. The third-order valence-corrected chi connectivity index (χ3v) is 4.08. The van der Waals surface area contributed by atoms with Gasteiger partial charge in [-0.2, -0.15) is 0 Å². The second kappa shape index (κ2) is 7.99. The Balaban J connectivity index is 1.57. The zero-order chi connectivity index (χ0) is 20.3. The van der Waals surface area contributed by atoms with Gasteiger partial charge in [-0.3, -0.25) is 4.79 Å². The molecule has 1 aromatic heterocycles. The lowest BCUT2D eigenvalue weighted by Crippen LogP contribution is -2.35. The Morgan fingerprint density at radius 1 is 1.00 bits per heavy atom. The van der Waals surface area contributed by atoms with E-state index in [1.165, 1.54) is 6.92 Å². The first kappa shape index (κ1) is 19.2. The molecule has 1 heterocycles. The van der Waals surface area contributed by atoms with Crippen molar-refractivity contribution < 1.29 is 19.1 Å². The van der Waals surface area contributed by atoms with Crippen LogP contribution in [0.4, 0.5) is 5.69 Å². The third kappa shape index (κ3) is 4.59. The molecule has 0 saturated heterocycles. The van der Waals surface area contributed by atoms with Crippen LogP contribution in [0.15, 0.2) is 47.3 Å². The van der Waals surface area contributed by atoms with Crippen LogP contribution >= 0.6 is 0 Å². The minimum Gasteiger partial charge on any atom is -0.479 e. The number of anilines is 1. The van der Waals surface area contributed by atoms with Gasteiger partial charge in [-0.15, -0.1) is 0 Å². The number of aromatic nitrogens is 2. The Hall–Kier alpha value is -3.55. The lowest BCUT2D eigenvalue weighted by molar-refractivity contribution is -0.159. The van der Waals surface area contributed by atoms with Crippen molar-refractivity contribution in [1.29, 1.82) is 0 Å². The number of imidazole rings is 1. The van der Waals surface area contributed by atoms with Crippen LogP contribution in [0.3, 0.4) is 0 Å². The molecule has 8 nitrogen and oxygen atoms in total. The van der Waals surface area contributed by atoms with Gasteiger partial charge in [0.15, 0.2) is 12.2 Å². The summed E-state index contributed by atoms with van der Waals surface area (Å²) in [5, 5.41) is 2.65. The van der Waals surface area contributed by atoms with Gasteiger partial charge in [0.25, 0.3) is 5.91 Å². The summed E-state index contributed by atoms with van der Waals surface area (Å²) < 4.78 is 10.8. The maximum Gasteiger partial charge on any atom is 0.347 e. The number of H-pyrrole nitrogens is 2. The van der Waals surface area contributed by atoms with Gasteiger partial charge < -0.3 is 24.8 Å². The number of hydrogen-bond donors (Lipinski definition) is 3. The highest BCUT2D eigenvalue weighted by atomic mass is 16.6. The first-order valence-corrected chi connectivity index (χ1v) is 8.78. The predicted octanol–water partition coefficient (Wildman–Crippen LogP) is 2.50. The summed E-state index contributed by atoms with van der Waals surface area (Å²) in [7, 11) is 0. The molecule has 0 aliphatic heterocycles. The Kier molecular flexibility index (Phi) is 5.49. The largest absolute Gasteiger partial charge is 0.479 e. The Labute approximate surface area is 160 Å². The number of carbonyl (C=O) groups excluding carboxylic acids is 2. The maximum atomic E-state index is 12.3. The zero-order valence-corrected chi connectivity index (χ0v) is 15.7. The van der Waals surface area contributed by atoms with Gasteiger partial charge in [0.2, 0.25) is 0 Å². The summed E-state index contributed by atoms with van der Waals surface area (Å²) in [6.07, 6.45) is -1.88. The lowest BCUT2D eigenvalue weighted by Gasteiger charge is -2.18. The topological polar surface area (TPSA) is 113 Å². The molecule has 0 radical (unpaired) electrons. The molecule has 3 rings (SSSR count). The monoisotopic (exact) mass is 383 g/mol. The number of hydrogen-bond acceptors (Lipinski definition) is 5. The van der Waals surface area contributed by atoms with E-state index in [1.54, 1.807) is 37.3 Å².